The molecule has 0 aliphatic carbocycles. The lowest BCUT2D eigenvalue weighted by Gasteiger charge is -2.45. The van der Waals surface area contributed by atoms with Crippen molar-refractivity contribution in [2.45, 2.75) is 51.0 Å². The molecule has 2 saturated heterocycles. The van der Waals surface area contributed by atoms with Gasteiger partial charge in [0, 0.05) is 48.7 Å². The molecule has 0 aromatic heterocycles. The van der Waals surface area contributed by atoms with E-state index < -0.39 is 0 Å². The van der Waals surface area contributed by atoms with Gasteiger partial charge in [0.2, 0.25) is 5.91 Å². The zero-order valence-electron chi connectivity index (χ0n) is 17.3. The molecule has 3 aliphatic rings. The number of piperidine rings is 2. The monoisotopic (exact) mass is 419 g/mol. The van der Waals surface area contributed by atoms with Crippen LogP contribution in [0.25, 0.3) is 0 Å². The molecule has 3 aliphatic heterocycles. The number of hydrogen-bond donors (Lipinski definition) is 0. The average molecular weight is 420 g/mol. The van der Waals surface area contributed by atoms with Crippen molar-refractivity contribution in [1.29, 1.82) is 0 Å². The van der Waals surface area contributed by atoms with Crippen LogP contribution in [0.3, 0.4) is 0 Å². The van der Waals surface area contributed by atoms with Gasteiger partial charge in [-0.05, 0) is 69.5 Å². The zero-order chi connectivity index (χ0) is 20.6. The maximum absolute atomic E-state index is 12.2. The lowest BCUT2D eigenvalue weighted by Crippen LogP contribution is -2.52. The van der Waals surface area contributed by atoms with Gasteiger partial charge in [0.25, 0.3) is 0 Å². The van der Waals surface area contributed by atoms with Crippen molar-refractivity contribution >= 4 is 29.3 Å². The molecule has 2 fully saturated rings. The standard InChI is InChI=1S/C22H30ClN3O3/c1-3-29-21(28)25-10-6-18(7-11-25)24-12-8-22(9-13-24)15-26(16(2)27)20-5-4-17(23)14-19(20)22/h4-5,14,18H,3,6-13,15H2,1-2H3. The normalized spacial score (nSPS) is 22.0. The van der Waals surface area contributed by atoms with Crippen molar-refractivity contribution in [1.82, 2.24) is 9.80 Å². The van der Waals surface area contributed by atoms with Crippen LogP contribution in [0.1, 0.15) is 45.1 Å². The molecule has 4 rings (SSSR count). The summed E-state index contributed by atoms with van der Waals surface area (Å²) in [6.45, 7) is 8.23. The summed E-state index contributed by atoms with van der Waals surface area (Å²) in [5.41, 5.74) is 2.27. The van der Waals surface area contributed by atoms with Crippen LogP contribution in [0.5, 0.6) is 0 Å². The van der Waals surface area contributed by atoms with Crippen molar-refractivity contribution in [2.24, 2.45) is 0 Å². The number of likely N-dealkylation sites (tertiary alicyclic amines) is 2. The lowest BCUT2D eigenvalue weighted by atomic mass is 9.74. The number of benzene rings is 1. The molecule has 0 unspecified atom stereocenters. The minimum atomic E-state index is -0.188. The number of carbonyl (C=O) groups is 2. The van der Waals surface area contributed by atoms with Crippen molar-refractivity contribution in [2.75, 3.05) is 44.2 Å². The van der Waals surface area contributed by atoms with Crippen LogP contribution in [-0.2, 0) is 14.9 Å². The average Bonchev–Trinajstić information content (AvgIpc) is 3.03. The number of rotatable bonds is 2. The second-order valence-corrected chi connectivity index (χ2v) is 8.94. The van der Waals surface area contributed by atoms with Crippen LogP contribution in [0.2, 0.25) is 5.02 Å². The molecule has 7 heteroatoms. The fourth-order valence-electron chi connectivity index (χ4n) is 5.30. The van der Waals surface area contributed by atoms with E-state index in [2.05, 4.69) is 11.0 Å². The molecule has 6 nitrogen and oxygen atoms in total. The molecule has 1 aromatic rings. The second-order valence-electron chi connectivity index (χ2n) is 8.50. The van der Waals surface area contributed by atoms with Crippen molar-refractivity contribution < 1.29 is 14.3 Å². The van der Waals surface area contributed by atoms with E-state index in [0.717, 1.165) is 69.1 Å². The van der Waals surface area contributed by atoms with E-state index in [0.29, 0.717) is 12.6 Å². The minimum Gasteiger partial charge on any atom is -0.450 e. The highest BCUT2D eigenvalue weighted by molar-refractivity contribution is 6.30. The highest BCUT2D eigenvalue weighted by Gasteiger charge is 2.46. The fourth-order valence-corrected chi connectivity index (χ4v) is 5.47. The van der Waals surface area contributed by atoms with E-state index in [-0.39, 0.29) is 17.4 Å². The molecule has 29 heavy (non-hydrogen) atoms. The SMILES string of the molecule is CCOC(=O)N1CCC(N2CCC3(CC2)CN(C(C)=O)c2ccc(Cl)cc23)CC1. The number of fused-ring (bicyclic) bond motifs is 2. The Morgan fingerprint density at radius 3 is 2.48 bits per heavy atom. The first-order valence-electron chi connectivity index (χ1n) is 10.7. The van der Waals surface area contributed by atoms with Gasteiger partial charge in [0.1, 0.15) is 0 Å². The third-order valence-corrected chi connectivity index (χ3v) is 7.16. The summed E-state index contributed by atoms with van der Waals surface area (Å²) in [4.78, 5) is 30.5. The molecule has 0 N–H and O–H groups in total. The van der Waals surface area contributed by atoms with Crippen molar-refractivity contribution in [3.8, 4) is 0 Å². The summed E-state index contributed by atoms with van der Waals surface area (Å²) < 4.78 is 5.13. The fraction of sp³-hybridized carbons (Fsp3) is 0.636. The largest absolute Gasteiger partial charge is 0.450 e. The van der Waals surface area contributed by atoms with Crippen LogP contribution >= 0.6 is 11.6 Å². The van der Waals surface area contributed by atoms with E-state index in [1.54, 1.807) is 6.92 Å². The zero-order valence-corrected chi connectivity index (χ0v) is 18.1. The van der Waals surface area contributed by atoms with Crippen LogP contribution in [0, 0.1) is 0 Å². The molecule has 3 heterocycles. The molecule has 158 valence electrons. The first-order chi connectivity index (χ1) is 13.9. The van der Waals surface area contributed by atoms with Gasteiger partial charge in [-0.1, -0.05) is 11.6 Å². The number of amides is 2. The number of ether oxygens (including phenoxy) is 1. The molecule has 0 atom stereocenters. The summed E-state index contributed by atoms with van der Waals surface area (Å²) in [6, 6.07) is 6.45. The minimum absolute atomic E-state index is 0.00797. The Morgan fingerprint density at radius 1 is 1.17 bits per heavy atom. The molecule has 2 amide bonds. The third kappa shape index (κ3) is 3.84. The molecule has 0 bridgehead atoms. The molecular formula is C22H30ClN3O3. The Labute approximate surface area is 177 Å². The van der Waals surface area contributed by atoms with E-state index in [1.165, 1.54) is 5.56 Å². The van der Waals surface area contributed by atoms with Crippen molar-refractivity contribution in [3.05, 3.63) is 28.8 Å². The van der Waals surface area contributed by atoms with Crippen LogP contribution in [-0.4, -0.2) is 67.2 Å². The highest BCUT2D eigenvalue weighted by Crippen LogP contribution is 2.48. The predicted octanol–water partition coefficient (Wildman–Crippen LogP) is 3.66. The Bertz CT molecular complexity index is 784. The van der Waals surface area contributed by atoms with Crippen LogP contribution in [0.4, 0.5) is 10.5 Å². The van der Waals surface area contributed by atoms with E-state index in [4.69, 9.17) is 16.3 Å². The van der Waals surface area contributed by atoms with Gasteiger partial charge in [-0.3, -0.25) is 4.79 Å². The van der Waals surface area contributed by atoms with Gasteiger partial charge in [-0.15, -0.1) is 0 Å². The Balaban J connectivity index is 1.41. The van der Waals surface area contributed by atoms with Gasteiger partial charge >= 0.3 is 6.09 Å². The number of carbonyl (C=O) groups excluding carboxylic acids is 2. The number of anilines is 1. The maximum atomic E-state index is 12.2. The molecule has 1 spiro atoms. The predicted molar refractivity (Wildman–Crippen MR) is 114 cm³/mol. The molecular weight excluding hydrogens is 390 g/mol. The first-order valence-corrected chi connectivity index (χ1v) is 11.1. The maximum Gasteiger partial charge on any atom is 0.409 e. The van der Waals surface area contributed by atoms with Gasteiger partial charge in [0.05, 0.1) is 6.61 Å². The Morgan fingerprint density at radius 2 is 1.86 bits per heavy atom. The smallest absolute Gasteiger partial charge is 0.409 e. The van der Waals surface area contributed by atoms with Crippen LogP contribution < -0.4 is 4.90 Å². The third-order valence-electron chi connectivity index (χ3n) is 6.92. The summed E-state index contributed by atoms with van der Waals surface area (Å²) in [6.07, 6.45) is 3.86. The van der Waals surface area contributed by atoms with E-state index in [9.17, 15) is 9.59 Å². The van der Waals surface area contributed by atoms with Crippen LogP contribution in [0.15, 0.2) is 18.2 Å². The second kappa shape index (κ2) is 8.15. The quantitative estimate of drug-likeness (QED) is 0.734. The molecule has 0 saturated carbocycles. The Hall–Kier alpha value is -1.79. The summed E-state index contributed by atoms with van der Waals surface area (Å²) in [5.74, 6) is 0.0965. The molecule has 0 radical (unpaired) electrons. The van der Waals surface area contributed by atoms with Gasteiger partial charge in [0.15, 0.2) is 0 Å². The number of nitrogens with zero attached hydrogens (tertiary/aromatic N) is 3. The molecule has 1 aromatic carbocycles. The summed E-state index contributed by atoms with van der Waals surface area (Å²) in [5, 5.41) is 0.738. The van der Waals surface area contributed by atoms with E-state index >= 15 is 0 Å². The van der Waals surface area contributed by atoms with E-state index in [1.807, 2.05) is 28.9 Å². The number of halogens is 1. The summed E-state index contributed by atoms with van der Waals surface area (Å²) in [7, 11) is 0. The topological polar surface area (TPSA) is 53.1 Å². The van der Waals surface area contributed by atoms with Crippen molar-refractivity contribution in [3.63, 3.8) is 0 Å². The highest BCUT2D eigenvalue weighted by atomic mass is 35.5. The first kappa shape index (κ1) is 20.5. The lowest BCUT2D eigenvalue weighted by molar-refractivity contribution is -0.116. The number of hydrogen-bond acceptors (Lipinski definition) is 4. The Kier molecular flexibility index (Phi) is 5.76. The summed E-state index contributed by atoms with van der Waals surface area (Å²) >= 11 is 6.31. The van der Waals surface area contributed by atoms with Gasteiger partial charge in [-0.2, -0.15) is 0 Å². The van der Waals surface area contributed by atoms with Gasteiger partial charge in [-0.25, -0.2) is 4.79 Å². The van der Waals surface area contributed by atoms with Gasteiger partial charge < -0.3 is 19.4 Å².